The highest BCUT2D eigenvalue weighted by Gasteiger charge is 2.24. The lowest BCUT2D eigenvalue weighted by Crippen LogP contribution is -2.31. The summed E-state index contributed by atoms with van der Waals surface area (Å²) < 4.78 is 13.3. The largest absolute Gasteiger partial charge is 0.376 e. The van der Waals surface area contributed by atoms with Crippen LogP contribution in [0, 0.1) is 17.1 Å². The molecular weight excluding hydrogens is 203 g/mol. The molecule has 0 bridgehead atoms. The first kappa shape index (κ1) is 10.7. The Morgan fingerprint density at radius 1 is 1.38 bits per heavy atom. The highest BCUT2D eigenvalue weighted by molar-refractivity contribution is 5.83. The molecule has 1 aromatic rings. The molecule has 0 atom stereocenters. The zero-order valence-electron chi connectivity index (χ0n) is 9.56. The minimum Gasteiger partial charge on any atom is -0.376 e. The second kappa shape index (κ2) is 3.34. The molecule has 0 fully saturated rings. The van der Waals surface area contributed by atoms with Crippen LogP contribution in [-0.2, 0) is 0 Å². The Labute approximate surface area is 94.4 Å². The Bertz CT molecular complexity index is 521. The molecule has 0 aliphatic carbocycles. The number of nitrogens with one attached hydrogen (secondary N) is 1. The molecule has 1 heterocycles. The number of nitrogens with zero attached hydrogens (tertiary/aromatic N) is 1. The lowest BCUT2D eigenvalue weighted by atomic mass is 9.89. The summed E-state index contributed by atoms with van der Waals surface area (Å²) in [6.07, 6.45) is 2.05. The molecule has 1 aliphatic rings. The predicted molar refractivity (Wildman–Crippen MR) is 62.5 cm³/mol. The van der Waals surface area contributed by atoms with Crippen LogP contribution in [0.5, 0.6) is 0 Å². The maximum Gasteiger partial charge on any atom is 0.126 e. The smallest absolute Gasteiger partial charge is 0.126 e. The summed E-state index contributed by atoms with van der Waals surface area (Å²) in [4.78, 5) is 0. The minimum atomic E-state index is -0.381. The van der Waals surface area contributed by atoms with Gasteiger partial charge in [0.25, 0.3) is 0 Å². The second-order valence-corrected chi connectivity index (χ2v) is 4.66. The fourth-order valence-electron chi connectivity index (χ4n) is 2.22. The van der Waals surface area contributed by atoms with Crippen molar-refractivity contribution in [3.63, 3.8) is 0 Å². The third-order valence-electron chi connectivity index (χ3n) is 2.65. The van der Waals surface area contributed by atoms with Crippen LogP contribution in [0.15, 0.2) is 18.2 Å². The zero-order valence-corrected chi connectivity index (χ0v) is 9.56. The summed E-state index contributed by atoms with van der Waals surface area (Å²) in [6.45, 7) is 5.97. The van der Waals surface area contributed by atoms with Gasteiger partial charge in [0, 0.05) is 11.3 Å². The van der Waals surface area contributed by atoms with Crippen molar-refractivity contribution in [2.45, 2.75) is 26.3 Å². The van der Waals surface area contributed by atoms with Crippen LogP contribution in [0.3, 0.4) is 0 Å². The molecule has 1 aromatic carbocycles. The van der Waals surface area contributed by atoms with E-state index in [0.717, 1.165) is 11.1 Å². The van der Waals surface area contributed by atoms with Crippen molar-refractivity contribution in [2.24, 2.45) is 0 Å². The number of hydrogen-bond donors (Lipinski definition) is 1. The monoisotopic (exact) mass is 216 g/mol. The van der Waals surface area contributed by atoms with E-state index in [4.69, 9.17) is 5.26 Å². The van der Waals surface area contributed by atoms with E-state index >= 15 is 0 Å². The normalized spacial score (nSPS) is 16.8. The predicted octanol–water partition coefficient (Wildman–Crippen LogP) is 3.30. The van der Waals surface area contributed by atoms with E-state index in [-0.39, 0.29) is 11.4 Å². The average Bonchev–Trinajstić information content (AvgIpc) is 2.13. The van der Waals surface area contributed by atoms with E-state index in [1.165, 1.54) is 12.1 Å². The van der Waals surface area contributed by atoms with Crippen LogP contribution in [0.25, 0.3) is 5.57 Å². The van der Waals surface area contributed by atoms with Crippen molar-refractivity contribution >= 4 is 11.3 Å². The van der Waals surface area contributed by atoms with Gasteiger partial charge < -0.3 is 5.32 Å². The molecule has 1 N–H and O–H groups in total. The fraction of sp³-hybridized carbons (Fsp3) is 0.308. The van der Waals surface area contributed by atoms with Crippen LogP contribution in [0.4, 0.5) is 10.1 Å². The highest BCUT2D eigenvalue weighted by atomic mass is 19.1. The molecule has 0 radical (unpaired) electrons. The fourth-order valence-corrected chi connectivity index (χ4v) is 2.22. The van der Waals surface area contributed by atoms with E-state index in [2.05, 4.69) is 5.32 Å². The topological polar surface area (TPSA) is 35.8 Å². The highest BCUT2D eigenvalue weighted by Crippen LogP contribution is 2.36. The molecule has 2 nitrogen and oxygen atoms in total. The number of nitriles is 1. The molecule has 0 unspecified atom stereocenters. The van der Waals surface area contributed by atoms with Gasteiger partial charge >= 0.3 is 0 Å². The summed E-state index contributed by atoms with van der Waals surface area (Å²) in [5.74, 6) is -0.381. The van der Waals surface area contributed by atoms with Gasteiger partial charge in [0.15, 0.2) is 0 Å². The summed E-state index contributed by atoms with van der Waals surface area (Å²) in [7, 11) is 0. The number of anilines is 1. The Kier molecular flexibility index (Phi) is 2.23. The van der Waals surface area contributed by atoms with Crippen LogP contribution >= 0.6 is 0 Å². The molecular formula is C13H13FN2. The number of fused-ring (bicyclic) bond motifs is 1. The lowest BCUT2D eigenvalue weighted by Gasteiger charge is -2.31. The minimum absolute atomic E-state index is 0.211. The Morgan fingerprint density at radius 3 is 2.69 bits per heavy atom. The molecule has 0 saturated carbocycles. The summed E-state index contributed by atoms with van der Waals surface area (Å²) in [5.41, 5.74) is 2.68. The molecule has 0 saturated heterocycles. The first-order valence-corrected chi connectivity index (χ1v) is 5.14. The summed E-state index contributed by atoms with van der Waals surface area (Å²) in [6, 6.07) is 4.75. The van der Waals surface area contributed by atoms with Crippen molar-refractivity contribution in [2.75, 3.05) is 5.32 Å². The second-order valence-electron chi connectivity index (χ2n) is 4.66. The van der Waals surface area contributed by atoms with Crippen molar-refractivity contribution in [1.29, 1.82) is 5.26 Å². The summed E-state index contributed by atoms with van der Waals surface area (Å²) in [5, 5.41) is 12.2. The van der Waals surface area contributed by atoms with Gasteiger partial charge in [0.2, 0.25) is 0 Å². The van der Waals surface area contributed by atoms with Gasteiger partial charge in [0.05, 0.1) is 17.2 Å². The van der Waals surface area contributed by atoms with Gasteiger partial charge in [0.1, 0.15) is 5.82 Å². The Hall–Kier alpha value is -1.82. The van der Waals surface area contributed by atoms with Gasteiger partial charge in [-0.15, -0.1) is 0 Å². The van der Waals surface area contributed by atoms with Gasteiger partial charge in [-0.3, -0.25) is 0 Å². The first-order valence-electron chi connectivity index (χ1n) is 5.14. The molecule has 0 aromatic heterocycles. The van der Waals surface area contributed by atoms with Gasteiger partial charge in [-0.05, 0) is 38.5 Å². The van der Waals surface area contributed by atoms with Gasteiger partial charge in [-0.25, -0.2) is 4.39 Å². The quantitative estimate of drug-likeness (QED) is 0.722. The Balaban J connectivity index is 2.71. The molecule has 82 valence electrons. The van der Waals surface area contributed by atoms with Crippen molar-refractivity contribution in [1.82, 2.24) is 0 Å². The van der Waals surface area contributed by atoms with Crippen LogP contribution in [0.1, 0.15) is 31.9 Å². The number of hydrogen-bond acceptors (Lipinski definition) is 2. The number of rotatable bonds is 0. The van der Waals surface area contributed by atoms with Crippen LogP contribution < -0.4 is 5.32 Å². The van der Waals surface area contributed by atoms with Crippen molar-refractivity contribution in [3.05, 3.63) is 35.2 Å². The average molecular weight is 216 g/mol. The molecule has 0 spiro atoms. The van der Waals surface area contributed by atoms with Crippen molar-refractivity contribution in [3.8, 4) is 6.07 Å². The van der Waals surface area contributed by atoms with Crippen molar-refractivity contribution < 1.29 is 4.39 Å². The van der Waals surface area contributed by atoms with E-state index < -0.39 is 0 Å². The third kappa shape index (κ3) is 1.67. The zero-order chi connectivity index (χ0) is 11.9. The number of benzene rings is 1. The molecule has 1 aliphatic heterocycles. The van der Waals surface area contributed by atoms with E-state index in [1.807, 2.05) is 32.9 Å². The molecule has 0 amide bonds. The third-order valence-corrected chi connectivity index (χ3v) is 2.65. The maximum atomic E-state index is 13.3. The number of halogens is 1. The molecule has 3 heteroatoms. The van der Waals surface area contributed by atoms with E-state index in [1.54, 1.807) is 0 Å². The SMILES string of the molecule is CC1=CC(C)(C)Nc2cc(F)cc(C#N)c21. The van der Waals surface area contributed by atoms with Crippen LogP contribution in [-0.4, -0.2) is 5.54 Å². The van der Waals surface area contributed by atoms with E-state index in [9.17, 15) is 4.39 Å². The maximum absolute atomic E-state index is 13.3. The van der Waals surface area contributed by atoms with E-state index in [0.29, 0.717) is 11.3 Å². The van der Waals surface area contributed by atoms with Gasteiger partial charge in [-0.2, -0.15) is 5.26 Å². The van der Waals surface area contributed by atoms with Crippen LogP contribution in [0.2, 0.25) is 0 Å². The van der Waals surface area contributed by atoms with Gasteiger partial charge in [-0.1, -0.05) is 6.08 Å². The number of allylic oxidation sites excluding steroid dienone is 1. The molecule has 2 rings (SSSR count). The lowest BCUT2D eigenvalue weighted by molar-refractivity contribution is 0.625. The molecule has 16 heavy (non-hydrogen) atoms. The Morgan fingerprint density at radius 2 is 2.06 bits per heavy atom. The first-order chi connectivity index (χ1) is 7.43. The standard InChI is InChI=1S/C13H13FN2/c1-8-6-13(2,3)16-11-5-10(14)4-9(7-15)12(8)11/h4-6,16H,1-3H3. The summed E-state index contributed by atoms with van der Waals surface area (Å²) >= 11 is 0.